The minimum atomic E-state index is 0.562. The minimum Gasteiger partial charge on any atom is -0.294 e. The Hall–Kier alpha value is -0.330. The Morgan fingerprint density at radius 2 is 1.56 bits per heavy atom. The van der Waals surface area contributed by atoms with Crippen molar-refractivity contribution in [2.45, 2.75) is 79.2 Å². The summed E-state index contributed by atoms with van der Waals surface area (Å²) in [5, 5.41) is 0. The maximum absolute atomic E-state index is 4.76. The molecule has 0 saturated heterocycles. The summed E-state index contributed by atoms with van der Waals surface area (Å²) < 4.78 is 0. The zero-order chi connectivity index (χ0) is 12.4. The minimum absolute atomic E-state index is 0.562. The van der Waals surface area contributed by atoms with Gasteiger partial charge in [0, 0.05) is 12.3 Å². The molecule has 0 aromatic rings. The van der Waals surface area contributed by atoms with Crippen LogP contribution in [0, 0.1) is 11.8 Å². The van der Waals surface area contributed by atoms with Crippen LogP contribution in [0.1, 0.15) is 73.1 Å². The molecule has 0 aliphatic rings. The van der Waals surface area contributed by atoms with Crippen LogP contribution in [0.4, 0.5) is 0 Å². The van der Waals surface area contributed by atoms with Crippen molar-refractivity contribution in [3.05, 3.63) is 0 Å². The van der Waals surface area contributed by atoms with Crippen molar-refractivity contribution in [1.29, 1.82) is 0 Å². The smallest absolute Gasteiger partial charge is 0.0493 e. The molecule has 0 aromatic carbocycles. The van der Waals surface area contributed by atoms with Crippen LogP contribution in [0.2, 0.25) is 0 Å². The Morgan fingerprint density at radius 3 is 2.00 bits per heavy atom. The fourth-order valence-electron chi connectivity index (χ4n) is 2.31. The molecule has 0 bridgehead atoms. The number of hydrogen-bond acceptors (Lipinski definition) is 1. The van der Waals surface area contributed by atoms with Gasteiger partial charge in [0.05, 0.1) is 0 Å². The molecule has 0 amide bonds. The number of rotatable bonds is 9. The molecule has 0 radical (unpaired) electrons. The molecule has 0 aromatic heterocycles. The molecule has 1 heteroatoms. The largest absolute Gasteiger partial charge is 0.294 e. The second-order valence-corrected chi connectivity index (χ2v) is 4.97. The molecule has 3 unspecified atom stereocenters. The molecule has 1 nitrogen and oxygen atoms in total. The standard InChI is InChI=1S/C15H31N/c1-6-10-14(8-3)13(5)12-16-15(9-4)11-7-2/h12-15H,6-11H2,1-5H3. The quantitative estimate of drug-likeness (QED) is 0.484. The van der Waals surface area contributed by atoms with E-state index in [2.05, 4.69) is 40.8 Å². The molecule has 0 spiro atoms. The lowest BCUT2D eigenvalue weighted by molar-refractivity contribution is 0.397. The van der Waals surface area contributed by atoms with Crippen molar-refractivity contribution >= 4 is 6.21 Å². The maximum atomic E-state index is 4.76. The Morgan fingerprint density at radius 1 is 0.938 bits per heavy atom. The van der Waals surface area contributed by atoms with Crippen LogP contribution in [0.5, 0.6) is 0 Å². The molecule has 0 saturated carbocycles. The number of aliphatic imine (C=N–C) groups is 1. The lowest BCUT2D eigenvalue weighted by Crippen LogP contribution is -2.13. The molecular weight excluding hydrogens is 194 g/mol. The van der Waals surface area contributed by atoms with Gasteiger partial charge < -0.3 is 0 Å². The molecular formula is C15H31N. The van der Waals surface area contributed by atoms with Gasteiger partial charge in [-0.1, -0.05) is 60.3 Å². The predicted octanol–water partition coefficient (Wildman–Crippen LogP) is 5.10. The Labute approximate surface area is 103 Å². The van der Waals surface area contributed by atoms with Gasteiger partial charge >= 0.3 is 0 Å². The highest BCUT2D eigenvalue weighted by Gasteiger charge is 2.12. The monoisotopic (exact) mass is 225 g/mol. The highest BCUT2D eigenvalue weighted by atomic mass is 14.8. The summed E-state index contributed by atoms with van der Waals surface area (Å²) in [4.78, 5) is 4.76. The van der Waals surface area contributed by atoms with Crippen LogP contribution >= 0.6 is 0 Å². The Bertz CT molecular complexity index is 174. The lowest BCUT2D eigenvalue weighted by atomic mass is 9.88. The van der Waals surface area contributed by atoms with Crippen molar-refractivity contribution in [2.24, 2.45) is 16.8 Å². The van der Waals surface area contributed by atoms with Gasteiger partial charge in [-0.25, -0.2) is 0 Å². The van der Waals surface area contributed by atoms with Gasteiger partial charge in [0.15, 0.2) is 0 Å². The second-order valence-electron chi connectivity index (χ2n) is 4.97. The van der Waals surface area contributed by atoms with Gasteiger partial charge in [-0.3, -0.25) is 4.99 Å². The average Bonchev–Trinajstić information content (AvgIpc) is 2.30. The van der Waals surface area contributed by atoms with Gasteiger partial charge in [0.1, 0.15) is 0 Å². The van der Waals surface area contributed by atoms with E-state index in [4.69, 9.17) is 4.99 Å². The van der Waals surface area contributed by atoms with E-state index >= 15 is 0 Å². The van der Waals surface area contributed by atoms with E-state index in [0.717, 1.165) is 5.92 Å². The Balaban J connectivity index is 4.16. The number of nitrogens with zero attached hydrogens (tertiary/aromatic N) is 1. The van der Waals surface area contributed by atoms with Crippen molar-refractivity contribution < 1.29 is 0 Å². The third-order valence-electron chi connectivity index (χ3n) is 3.55. The van der Waals surface area contributed by atoms with Crippen LogP contribution in [0.25, 0.3) is 0 Å². The fourth-order valence-corrected chi connectivity index (χ4v) is 2.31. The van der Waals surface area contributed by atoms with Gasteiger partial charge in [0.25, 0.3) is 0 Å². The second kappa shape index (κ2) is 9.86. The van der Waals surface area contributed by atoms with Crippen molar-refractivity contribution in [3.8, 4) is 0 Å². The highest BCUT2D eigenvalue weighted by Crippen LogP contribution is 2.20. The average molecular weight is 225 g/mol. The summed E-state index contributed by atoms with van der Waals surface area (Å²) in [6, 6.07) is 0.562. The van der Waals surface area contributed by atoms with Crippen LogP contribution < -0.4 is 0 Å². The van der Waals surface area contributed by atoms with Gasteiger partial charge in [-0.2, -0.15) is 0 Å². The van der Waals surface area contributed by atoms with Gasteiger partial charge in [0.2, 0.25) is 0 Å². The Kier molecular flexibility index (Phi) is 9.66. The van der Waals surface area contributed by atoms with Crippen LogP contribution in [0.15, 0.2) is 4.99 Å². The van der Waals surface area contributed by atoms with Gasteiger partial charge in [-0.15, -0.1) is 0 Å². The molecule has 3 atom stereocenters. The summed E-state index contributed by atoms with van der Waals surface area (Å²) >= 11 is 0. The zero-order valence-corrected chi connectivity index (χ0v) is 12.0. The highest BCUT2D eigenvalue weighted by molar-refractivity contribution is 5.60. The third-order valence-corrected chi connectivity index (χ3v) is 3.55. The molecule has 0 rings (SSSR count). The normalized spacial score (nSPS) is 17.6. The van der Waals surface area contributed by atoms with E-state index in [9.17, 15) is 0 Å². The van der Waals surface area contributed by atoms with Crippen LogP contribution in [-0.2, 0) is 0 Å². The predicted molar refractivity (Wildman–Crippen MR) is 75.3 cm³/mol. The molecule has 0 aliphatic carbocycles. The summed E-state index contributed by atoms with van der Waals surface area (Å²) in [6.07, 6.45) is 9.82. The molecule has 0 N–H and O–H groups in total. The summed E-state index contributed by atoms with van der Waals surface area (Å²) in [7, 11) is 0. The summed E-state index contributed by atoms with van der Waals surface area (Å²) in [5.41, 5.74) is 0. The number of hydrogen-bond donors (Lipinski definition) is 0. The van der Waals surface area contributed by atoms with E-state index in [1.54, 1.807) is 0 Å². The summed E-state index contributed by atoms with van der Waals surface area (Å²) in [6.45, 7) is 11.4. The summed E-state index contributed by atoms with van der Waals surface area (Å²) in [5.74, 6) is 1.48. The van der Waals surface area contributed by atoms with Crippen molar-refractivity contribution in [2.75, 3.05) is 0 Å². The first-order chi connectivity index (χ1) is 7.69. The van der Waals surface area contributed by atoms with E-state index < -0.39 is 0 Å². The van der Waals surface area contributed by atoms with E-state index in [0.29, 0.717) is 12.0 Å². The lowest BCUT2D eigenvalue weighted by Gasteiger charge is -2.19. The molecule has 0 heterocycles. The van der Waals surface area contributed by atoms with E-state index in [1.165, 1.54) is 38.5 Å². The first kappa shape index (κ1) is 15.7. The molecule has 96 valence electrons. The molecule has 0 fully saturated rings. The van der Waals surface area contributed by atoms with Crippen LogP contribution in [-0.4, -0.2) is 12.3 Å². The van der Waals surface area contributed by atoms with Crippen molar-refractivity contribution in [1.82, 2.24) is 0 Å². The maximum Gasteiger partial charge on any atom is 0.0493 e. The molecule has 0 aliphatic heterocycles. The first-order valence-electron chi connectivity index (χ1n) is 7.22. The zero-order valence-electron chi connectivity index (χ0n) is 12.0. The fraction of sp³-hybridized carbons (Fsp3) is 0.933. The van der Waals surface area contributed by atoms with Crippen molar-refractivity contribution in [3.63, 3.8) is 0 Å². The van der Waals surface area contributed by atoms with Gasteiger partial charge in [-0.05, 0) is 24.7 Å². The first-order valence-corrected chi connectivity index (χ1v) is 7.22. The SMILES string of the molecule is CCCC(CC)N=CC(C)C(CC)CCC. The molecule has 16 heavy (non-hydrogen) atoms. The van der Waals surface area contributed by atoms with Crippen LogP contribution in [0.3, 0.4) is 0 Å². The van der Waals surface area contributed by atoms with E-state index in [1.807, 2.05) is 0 Å². The van der Waals surface area contributed by atoms with E-state index in [-0.39, 0.29) is 0 Å². The topological polar surface area (TPSA) is 12.4 Å². The third kappa shape index (κ3) is 6.30.